The van der Waals surface area contributed by atoms with Gasteiger partial charge >= 0.3 is 11.0 Å². The maximum Gasteiger partial charge on any atom is 0.480 e. The molecule has 0 fully saturated rings. The molecule has 0 atom stereocenters. The van der Waals surface area contributed by atoms with Crippen LogP contribution in [0.1, 0.15) is 52.5 Å². The van der Waals surface area contributed by atoms with E-state index in [0.717, 1.165) is 10.7 Å². The van der Waals surface area contributed by atoms with Gasteiger partial charge in [0.1, 0.15) is 12.4 Å². The Morgan fingerprint density at radius 3 is 1.72 bits per heavy atom. The van der Waals surface area contributed by atoms with E-state index in [1.807, 2.05) is 0 Å². The number of unbranched alkanes of at least 4 members (excludes halogenated alkanes) is 1. The molecule has 1 aromatic heterocycles. The van der Waals surface area contributed by atoms with E-state index in [4.69, 9.17) is 0 Å². The lowest BCUT2D eigenvalue weighted by atomic mass is 10.2. The minimum absolute atomic E-state index is 0.679. The first-order chi connectivity index (χ1) is 13.0. The average Bonchev–Trinajstić information content (AvgIpc) is 3.00. The summed E-state index contributed by atoms with van der Waals surface area (Å²) in [6, 6.07) is 0.679. The second kappa shape index (κ2) is 10.6. The van der Waals surface area contributed by atoms with E-state index in [1.54, 1.807) is 0 Å². The molecular formula is C14H23F6N3O4S2. The third-order valence-electron chi connectivity index (χ3n) is 3.63. The molecule has 0 radical (unpaired) electrons. The standard InChI is InChI=1S/C12H23N2.C2F6NO4S2/c1-4-7-8-13-9-10-14(11-13)12(5-2)6-3;3-1(4,5)14(10,11)9-15(12,13)2(6,7)8/h9-12H,4-8H2,1-3H3;/q+1;-1. The Bertz CT molecular complexity index is 786. The highest BCUT2D eigenvalue weighted by Gasteiger charge is 2.46. The molecule has 1 heterocycles. The van der Waals surface area contributed by atoms with E-state index in [9.17, 15) is 43.2 Å². The van der Waals surface area contributed by atoms with Crippen LogP contribution in [0, 0.1) is 0 Å². The largest absolute Gasteiger partial charge is 0.480 e. The Balaban J connectivity index is 0.000000541. The van der Waals surface area contributed by atoms with Crippen molar-refractivity contribution in [1.29, 1.82) is 0 Å². The fourth-order valence-corrected chi connectivity index (χ4v) is 3.73. The molecule has 15 heteroatoms. The number of halogens is 6. The molecule has 7 nitrogen and oxygen atoms in total. The zero-order valence-corrected chi connectivity index (χ0v) is 17.5. The first-order valence-corrected chi connectivity index (χ1v) is 11.3. The van der Waals surface area contributed by atoms with Gasteiger partial charge in [-0.3, -0.25) is 0 Å². The summed E-state index contributed by atoms with van der Waals surface area (Å²) in [5.41, 5.74) is -12.4. The zero-order chi connectivity index (χ0) is 23.1. The van der Waals surface area contributed by atoms with Crippen molar-refractivity contribution in [1.82, 2.24) is 4.57 Å². The Kier molecular flexibility index (Phi) is 10.1. The van der Waals surface area contributed by atoms with Crippen molar-refractivity contribution in [3.05, 3.63) is 22.8 Å². The molecule has 0 N–H and O–H groups in total. The van der Waals surface area contributed by atoms with E-state index in [0.29, 0.717) is 6.04 Å². The molecule has 0 bridgehead atoms. The topological polar surface area (TPSA) is 91.2 Å². The summed E-state index contributed by atoms with van der Waals surface area (Å²) in [6.07, 6.45) is 11.6. The van der Waals surface area contributed by atoms with E-state index >= 15 is 0 Å². The number of hydrogen-bond acceptors (Lipinski definition) is 4. The molecule has 0 aliphatic heterocycles. The number of nitrogens with zero attached hydrogens (tertiary/aromatic N) is 3. The summed E-state index contributed by atoms with van der Waals surface area (Å²) in [5, 5.41) is 0. The van der Waals surface area contributed by atoms with E-state index in [-0.39, 0.29) is 0 Å². The van der Waals surface area contributed by atoms with Gasteiger partial charge in [-0.2, -0.15) is 26.3 Å². The van der Waals surface area contributed by atoms with Crippen molar-refractivity contribution in [3.8, 4) is 0 Å². The maximum atomic E-state index is 11.4. The Morgan fingerprint density at radius 2 is 1.38 bits per heavy atom. The summed E-state index contributed by atoms with van der Waals surface area (Å²) in [4.78, 5) is 0. The molecule has 0 amide bonds. The summed E-state index contributed by atoms with van der Waals surface area (Å²) < 4.78 is 114. The number of sulfonamides is 2. The molecule has 0 saturated carbocycles. The lowest BCUT2D eigenvalue weighted by Gasteiger charge is -2.22. The van der Waals surface area contributed by atoms with Crippen LogP contribution in [0.25, 0.3) is 4.13 Å². The van der Waals surface area contributed by atoms with E-state index in [2.05, 4.69) is 48.6 Å². The minimum atomic E-state index is -6.72. The van der Waals surface area contributed by atoms with Crippen molar-refractivity contribution in [2.24, 2.45) is 0 Å². The fourth-order valence-electron chi connectivity index (χ4n) is 2.02. The highest BCUT2D eigenvalue weighted by Crippen LogP contribution is 2.36. The molecule has 0 unspecified atom stereocenters. The second-order valence-corrected chi connectivity index (χ2v) is 9.26. The molecule has 0 spiro atoms. The lowest BCUT2D eigenvalue weighted by molar-refractivity contribution is -0.697. The smallest absolute Gasteiger partial charge is 0.421 e. The number of aromatic nitrogens is 2. The van der Waals surface area contributed by atoms with E-state index < -0.39 is 31.1 Å². The molecular weight excluding hydrogens is 452 g/mol. The Hall–Kier alpha value is -1.35. The normalized spacial score (nSPS) is 13.3. The Labute approximate surface area is 165 Å². The first-order valence-electron chi connectivity index (χ1n) is 8.45. The Morgan fingerprint density at radius 1 is 0.931 bits per heavy atom. The van der Waals surface area contributed by atoms with E-state index in [1.165, 1.54) is 25.7 Å². The number of imidazole rings is 1. The van der Waals surface area contributed by atoms with Crippen LogP contribution in [0.15, 0.2) is 18.7 Å². The average molecular weight is 475 g/mol. The van der Waals surface area contributed by atoms with Gasteiger partial charge in [0, 0.05) is 0 Å². The lowest BCUT2D eigenvalue weighted by Crippen LogP contribution is -2.31. The molecule has 1 rings (SSSR count). The quantitative estimate of drug-likeness (QED) is 0.420. The molecule has 0 saturated heterocycles. The summed E-state index contributed by atoms with van der Waals surface area (Å²) in [5.74, 6) is 0. The van der Waals surface area contributed by atoms with Crippen LogP contribution in [0.4, 0.5) is 26.3 Å². The van der Waals surface area contributed by atoms with Crippen LogP contribution in [0.2, 0.25) is 0 Å². The van der Waals surface area contributed by atoms with Crippen molar-refractivity contribution in [2.45, 2.75) is 70.1 Å². The van der Waals surface area contributed by atoms with Crippen LogP contribution in [0.5, 0.6) is 0 Å². The summed E-state index contributed by atoms with van der Waals surface area (Å²) in [6.45, 7) is 7.90. The highest BCUT2D eigenvalue weighted by atomic mass is 32.3. The van der Waals surface area contributed by atoms with Gasteiger partial charge in [-0.25, -0.2) is 26.0 Å². The predicted molar refractivity (Wildman–Crippen MR) is 92.5 cm³/mol. The molecule has 1 aromatic rings. The van der Waals surface area contributed by atoms with Gasteiger partial charge in [-0.15, -0.1) is 0 Å². The predicted octanol–water partition coefficient (Wildman–Crippen LogP) is 4.00. The maximum absolute atomic E-state index is 11.4. The van der Waals surface area contributed by atoms with Crippen molar-refractivity contribution in [2.75, 3.05) is 0 Å². The zero-order valence-electron chi connectivity index (χ0n) is 15.9. The monoisotopic (exact) mass is 475 g/mol. The van der Waals surface area contributed by atoms with Gasteiger partial charge in [0.25, 0.3) is 0 Å². The third-order valence-corrected chi connectivity index (χ3v) is 6.37. The van der Waals surface area contributed by atoms with Gasteiger partial charge in [0.2, 0.25) is 6.33 Å². The van der Waals surface area contributed by atoms with Gasteiger partial charge in [0.05, 0.1) is 12.6 Å². The van der Waals surface area contributed by atoms with Crippen LogP contribution in [-0.2, 0) is 26.6 Å². The number of hydrogen-bond donors (Lipinski definition) is 0. The van der Waals surface area contributed by atoms with Crippen molar-refractivity contribution < 1.29 is 47.7 Å². The van der Waals surface area contributed by atoms with Crippen LogP contribution >= 0.6 is 0 Å². The van der Waals surface area contributed by atoms with Gasteiger partial charge in [-0.1, -0.05) is 27.2 Å². The molecule has 0 aromatic carbocycles. The number of alkyl halides is 6. The van der Waals surface area contributed by atoms with Gasteiger partial charge in [0.15, 0.2) is 20.0 Å². The van der Waals surface area contributed by atoms with Crippen LogP contribution in [0.3, 0.4) is 0 Å². The molecule has 29 heavy (non-hydrogen) atoms. The van der Waals surface area contributed by atoms with Crippen molar-refractivity contribution >= 4 is 20.0 Å². The third kappa shape index (κ3) is 8.50. The van der Waals surface area contributed by atoms with Gasteiger partial charge < -0.3 is 4.13 Å². The SMILES string of the molecule is CCCC[n+]1ccn(C(CC)CC)c1.O=S(=O)([N-]S(=O)(=O)C(F)(F)F)C(F)(F)F. The second-order valence-electron chi connectivity index (χ2n) is 5.84. The van der Waals surface area contributed by atoms with Gasteiger partial charge in [-0.05, 0) is 19.3 Å². The van der Waals surface area contributed by atoms with Crippen LogP contribution in [-0.4, -0.2) is 32.4 Å². The fraction of sp³-hybridized carbons (Fsp3) is 0.786. The van der Waals surface area contributed by atoms with Crippen LogP contribution < -0.4 is 4.57 Å². The molecule has 0 aliphatic rings. The van der Waals surface area contributed by atoms with Crippen molar-refractivity contribution in [3.63, 3.8) is 0 Å². The highest BCUT2D eigenvalue weighted by molar-refractivity contribution is 8.13. The summed E-state index contributed by atoms with van der Waals surface area (Å²) >= 11 is 0. The minimum Gasteiger partial charge on any atom is -0.421 e. The first kappa shape index (κ1) is 27.6. The molecule has 172 valence electrons. The number of rotatable bonds is 8. The molecule has 0 aliphatic carbocycles. The summed E-state index contributed by atoms with van der Waals surface area (Å²) in [7, 11) is -13.4. The number of aryl methyl sites for hydroxylation is 1.